The summed E-state index contributed by atoms with van der Waals surface area (Å²) in [5, 5.41) is 16.9. The standard InChI is InChI=1S/C26H26N2O3/c1-4-16-8-7-9-18-23(17-12-13-21(29)22(14-17)31-3)15(2)26(28-24(16)18)19-10-5-6-11-20(19)27-25(26)30/h5-15,23,28-29H,4H2,1-3H3,(H,27,30)/t15-,23+,26-/m0/s1. The minimum Gasteiger partial charge on any atom is -0.504 e. The molecule has 0 saturated heterocycles. The van der Waals surface area contributed by atoms with Crippen molar-refractivity contribution in [3.8, 4) is 11.5 Å². The third kappa shape index (κ3) is 2.66. The van der Waals surface area contributed by atoms with Crippen LogP contribution in [0, 0.1) is 5.92 Å². The average Bonchev–Trinajstić information content (AvgIpc) is 3.07. The van der Waals surface area contributed by atoms with E-state index in [2.05, 4.69) is 42.7 Å². The molecule has 0 aliphatic carbocycles. The average molecular weight is 415 g/mol. The molecule has 3 atom stereocenters. The summed E-state index contributed by atoms with van der Waals surface area (Å²) < 4.78 is 5.39. The number of hydrogen-bond donors (Lipinski definition) is 3. The molecule has 158 valence electrons. The molecule has 2 aliphatic heterocycles. The summed E-state index contributed by atoms with van der Waals surface area (Å²) in [4.78, 5) is 13.5. The maximum Gasteiger partial charge on any atom is 0.255 e. The molecule has 0 saturated carbocycles. The maximum absolute atomic E-state index is 13.5. The molecule has 2 heterocycles. The van der Waals surface area contributed by atoms with E-state index < -0.39 is 5.54 Å². The molecule has 0 radical (unpaired) electrons. The monoisotopic (exact) mass is 414 g/mol. The van der Waals surface area contributed by atoms with Crippen LogP contribution in [0.1, 0.15) is 42.0 Å². The van der Waals surface area contributed by atoms with Crippen molar-refractivity contribution >= 4 is 17.3 Å². The predicted octanol–water partition coefficient (Wildman–Crippen LogP) is 5.00. The fraction of sp³-hybridized carbons (Fsp3) is 0.269. The number of methoxy groups -OCH3 is 1. The second-order valence-corrected chi connectivity index (χ2v) is 8.37. The SMILES string of the molecule is CCc1cccc2c1N[C@@]1(C(=O)Nc3ccccc31)[C@@H](C)[C@@H]2c1ccc(O)c(OC)c1. The lowest BCUT2D eigenvalue weighted by Crippen LogP contribution is -2.52. The van der Waals surface area contributed by atoms with Gasteiger partial charge in [-0.15, -0.1) is 0 Å². The first kappa shape index (κ1) is 19.5. The Hall–Kier alpha value is -3.47. The maximum atomic E-state index is 13.5. The fourth-order valence-corrected chi connectivity index (χ4v) is 5.37. The minimum atomic E-state index is -0.884. The number of carbonyl (C=O) groups excluding carboxylic acids is 1. The van der Waals surface area contributed by atoms with Gasteiger partial charge in [0.1, 0.15) is 5.54 Å². The largest absolute Gasteiger partial charge is 0.504 e. The molecule has 5 nitrogen and oxygen atoms in total. The zero-order valence-electron chi connectivity index (χ0n) is 17.9. The first-order valence-electron chi connectivity index (χ1n) is 10.7. The number of amides is 1. The third-order valence-electron chi connectivity index (χ3n) is 6.93. The smallest absolute Gasteiger partial charge is 0.255 e. The molecule has 3 N–H and O–H groups in total. The van der Waals surface area contributed by atoms with E-state index in [0.717, 1.165) is 34.5 Å². The lowest BCUT2D eigenvalue weighted by atomic mass is 9.65. The van der Waals surface area contributed by atoms with E-state index in [1.807, 2.05) is 36.4 Å². The number of aromatic hydroxyl groups is 1. The number of carbonyl (C=O) groups is 1. The summed E-state index contributed by atoms with van der Waals surface area (Å²) >= 11 is 0. The van der Waals surface area contributed by atoms with E-state index in [4.69, 9.17) is 4.74 Å². The summed E-state index contributed by atoms with van der Waals surface area (Å²) in [6.07, 6.45) is 0.857. The molecular formula is C26H26N2O3. The number of para-hydroxylation sites is 2. The number of hydrogen-bond acceptors (Lipinski definition) is 4. The Kier molecular flexibility index (Phi) is 4.43. The third-order valence-corrected chi connectivity index (χ3v) is 6.93. The molecule has 2 aliphatic rings. The van der Waals surface area contributed by atoms with Gasteiger partial charge in [0.15, 0.2) is 11.5 Å². The van der Waals surface area contributed by atoms with Gasteiger partial charge >= 0.3 is 0 Å². The number of rotatable bonds is 3. The lowest BCUT2D eigenvalue weighted by molar-refractivity contribution is -0.121. The van der Waals surface area contributed by atoms with Gasteiger partial charge in [-0.1, -0.05) is 56.3 Å². The number of nitrogens with one attached hydrogen (secondary N) is 2. The van der Waals surface area contributed by atoms with E-state index in [9.17, 15) is 9.90 Å². The number of phenolic OH excluding ortho intramolecular Hbond substituents is 1. The van der Waals surface area contributed by atoms with Crippen LogP contribution in [0.25, 0.3) is 0 Å². The van der Waals surface area contributed by atoms with Crippen LogP contribution in [0.2, 0.25) is 0 Å². The Morgan fingerprint density at radius 3 is 2.68 bits per heavy atom. The number of anilines is 2. The number of ether oxygens (including phenoxy) is 1. The Bertz CT molecular complexity index is 1190. The normalized spacial score (nSPS) is 23.6. The Morgan fingerprint density at radius 2 is 1.90 bits per heavy atom. The Balaban J connectivity index is 1.79. The van der Waals surface area contributed by atoms with Crippen molar-refractivity contribution in [2.75, 3.05) is 17.7 Å². The van der Waals surface area contributed by atoms with Crippen LogP contribution in [0.3, 0.4) is 0 Å². The van der Waals surface area contributed by atoms with Crippen molar-refractivity contribution in [3.05, 3.63) is 82.9 Å². The number of aryl methyl sites for hydroxylation is 1. The van der Waals surface area contributed by atoms with Gasteiger partial charge in [-0.05, 0) is 41.3 Å². The molecule has 0 unspecified atom stereocenters. The molecule has 5 heteroatoms. The van der Waals surface area contributed by atoms with Crippen LogP contribution >= 0.6 is 0 Å². The van der Waals surface area contributed by atoms with E-state index in [0.29, 0.717) is 5.75 Å². The molecule has 1 spiro atoms. The van der Waals surface area contributed by atoms with E-state index in [-0.39, 0.29) is 23.5 Å². The molecule has 31 heavy (non-hydrogen) atoms. The van der Waals surface area contributed by atoms with Gasteiger partial charge < -0.3 is 20.5 Å². The highest BCUT2D eigenvalue weighted by Crippen LogP contribution is 2.55. The van der Waals surface area contributed by atoms with Crippen molar-refractivity contribution in [2.45, 2.75) is 31.7 Å². The highest BCUT2D eigenvalue weighted by molar-refractivity contribution is 6.08. The fourth-order valence-electron chi connectivity index (χ4n) is 5.37. The number of fused-ring (bicyclic) bond motifs is 3. The van der Waals surface area contributed by atoms with Gasteiger partial charge in [0, 0.05) is 28.8 Å². The van der Waals surface area contributed by atoms with Crippen molar-refractivity contribution in [2.24, 2.45) is 5.92 Å². The highest BCUT2D eigenvalue weighted by atomic mass is 16.5. The van der Waals surface area contributed by atoms with Crippen molar-refractivity contribution in [1.29, 1.82) is 0 Å². The summed E-state index contributed by atoms with van der Waals surface area (Å²) in [5.74, 6) is 0.350. The Morgan fingerprint density at radius 1 is 1.10 bits per heavy atom. The van der Waals surface area contributed by atoms with E-state index in [1.165, 1.54) is 5.56 Å². The van der Waals surface area contributed by atoms with E-state index in [1.54, 1.807) is 13.2 Å². The predicted molar refractivity (Wildman–Crippen MR) is 122 cm³/mol. The first-order valence-corrected chi connectivity index (χ1v) is 10.7. The summed E-state index contributed by atoms with van der Waals surface area (Å²) in [7, 11) is 1.55. The van der Waals surface area contributed by atoms with Gasteiger partial charge in [0.2, 0.25) is 0 Å². The quantitative estimate of drug-likeness (QED) is 0.564. The van der Waals surface area contributed by atoms with Crippen molar-refractivity contribution in [3.63, 3.8) is 0 Å². The molecule has 3 aromatic carbocycles. The molecule has 1 amide bonds. The Labute approximate surface area is 182 Å². The highest BCUT2D eigenvalue weighted by Gasteiger charge is 2.56. The molecule has 0 fully saturated rings. The zero-order valence-corrected chi connectivity index (χ0v) is 17.9. The van der Waals surface area contributed by atoms with Gasteiger partial charge in [-0.3, -0.25) is 4.79 Å². The first-order chi connectivity index (χ1) is 15.0. The summed E-state index contributed by atoms with van der Waals surface area (Å²) in [6.45, 7) is 4.25. The topological polar surface area (TPSA) is 70.6 Å². The van der Waals surface area contributed by atoms with Crippen LogP contribution in [-0.2, 0) is 16.8 Å². The van der Waals surface area contributed by atoms with Gasteiger partial charge in [-0.25, -0.2) is 0 Å². The van der Waals surface area contributed by atoms with Gasteiger partial charge in [-0.2, -0.15) is 0 Å². The van der Waals surface area contributed by atoms with Gasteiger partial charge in [0.05, 0.1) is 7.11 Å². The number of phenols is 1. The number of benzene rings is 3. The minimum absolute atomic E-state index is 0.0338. The van der Waals surface area contributed by atoms with Crippen LogP contribution in [-0.4, -0.2) is 18.1 Å². The zero-order chi connectivity index (χ0) is 21.8. The second kappa shape index (κ2) is 7.05. The molecule has 0 aromatic heterocycles. The van der Waals surface area contributed by atoms with Crippen molar-refractivity contribution in [1.82, 2.24) is 0 Å². The van der Waals surface area contributed by atoms with Crippen LogP contribution in [0.5, 0.6) is 11.5 Å². The summed E-state index contributed by atoms with van der Waals surface area (Å²) in [5.41, 5.74) is 5.30. The lowest BCUT2D eigenvalue weighted by Gasteiger charge is -2.46. The molecular weight excluding hydrogens is 388 g/mol. The molecule has 3 aromatic rings. The van der Waals surface area contributed by atoms with Gasteiger partial charge in [0.25, 0.3) is 5.91 Å². The second-order valence-electron chi connectivity index (χ2n) is 8.37. The van der Waals surface area contributed by atoms with Crippen LogP contribution < -0.4 is 15.4 Å². The molecule has 0 bridgehead atoms. The van der Waals surface area contributed by atoms with Crippen LogP contribution in [0.15, 0.2) is 60.7 Å². The van der Waals surface area contributed by atoms with E-state index >= 15 is 0 Å². The van der Waals surface area contributed by atoms with Crippen molar-refractivity contribution < 1.29 is 14.6 Å². The van der Waals surface area contributed by atoms with Crippen LogP contribution in [0.4, 0.5) is 11.4 Å². The molecule has 5 rings (SSSR count). The summed E-state index contributed by atoms with van der Waals surface area (Å²) in [6, 6.07) is 19.7.